The lowest BCUT2D eigenvalue weighted by Crippen LogP contribution is -2.26. The van der Waals surface area contributed by atoms with Gasteiger partial charge in [0.2, 0.25) is 0 Å². The maximum absolute atomic E-state index is 6.81. The molecule has 0 bridgehead atoms. The molecule has 0 aliphatic rings. The molecule has 0 heterocycles. The number of unbranched alkanes of at least 4 members (excludes halogenated alkanes) is 3. The van der Waals surface area contributed by atoms with Gasteiger partial charge in [-0.05, 0) is 24.2 Å². The second kappa shape index (κ2) is 15.4. The van der Waals surface area contributed by atoms with Crippen molar-refractivity contribution in [2.24, 2.45) is 0 Å². The third-order valence-corrected chi connectivity index (χ3v) is 11.0. The zero-order chi connectivity index (χ0) is 15.1. The smallest absolute Gasteiger partial charge is 0.156 e. The summed E-state index contributed by atoms with van der Waals surface area (Å²) in [5, 5.41) is 0. The molecule has 0 rings (SSSR count). The molecule has 0 saturated carbocycles. The molecule has 4 heteroatoms. The Morgan fingerprint density at radius 1 is 0.789 bits per heavy atom. The first-order valence-corrected chi connectivity index (χ1v) is 15.6. The van der Waals surface area contributed by atoms with E-state index in [1.165, 1.54) is 62.7 Å². The van der Waals surface area contributed by atoms with Crippen LogP contribution < -0.4 is 0 Å². The average Bonchev–Trinajstić information content (AvgIpc) is 2.41. The first-order chi connectivity index (χ1) is 8.95. The van der Waals surface area contributed by atoms with E-state index in [2.05, 4.69) is 34.2 Å². The summed E-state index contributed by atoms with van der Waals surface area (Å²) < 4.78 is 0. The van der Waals surface area contributed by atoms with Crippen molar-refractivity contribution in [2.75, 3.05) is 0 Å². The Bertz CT molecular complexity index is 154. The molecule has 0 nitrogen and oxygen atoms in total. The van der Waals surface area contributed by atoms with Crippen molar-refractivity contribution in [1.29, 1.82) is 0 Å². The minimum Gasteiger partial charge on any atom is -0.172 e. The van der Waals surface area contributed by atoms with E-state index in [0.29, 0.717) is 0 Å². The monoisotopic (exact) mass is 342 g/mol. The van der Waals surface area contributed by atoms with Crippen LogP contribution in [-0.4, -0.2) is 15.5 Å². The van der Waals surface area contributed by atoms with E-state index < -0.39 is 15.5 Å². The summed E-state index contributed by atoms with van der Waals surface area (Å²) in [7, 11) is -2.02. The van der Waals surface area contributed by atoms with Crippen LogP contribution >= 0.6 is 22.2 Å². The highest BCUT2D eigenvalue weighted by Crippen LogP contribution is 2.31. The standard InChI is InChI=1S/C12H27ClSi.C3H9ClSi/c1-4-7-10-14(13,11-8-5-2)12-9-6-3;1-3-5(2)4/h4-12H2,1-3H3;5H,3H2,1-2H3. The number of hydrogen-bond acceptors (Lipinski definition) is 0. The lowest BCUT2D eigenvalue weighted by molar-refractivity contribution is 0.806. The predicted octanol–water partition coefficient (Wildman–Crippen LogP) is 7.17. The molecule has 118 valence electrons. The van der Waals surface area contributed by atoms with Crippen molar-refractivity contribution >= 4 is 37.6 Å². The Morgan fingerprint density at radius 3 is 1.21 bits per heavy atom. The van der Waals surface area contributed by atoms with Crippen LogP contribution in [0.4, 0.5) is 0 Å². The summed E-state index contributed by atoms with van der Waals surface area (Å²) in [6, 6.07) is 5.27. The van der Waals surface area contributed by atoms with Crippen LogP contribution in [0.1, 0.15) is 66.2 Å². The molecule has 1 unspecified atom stereocenters. The summed E-state index contributed by atoms with van der Waals surface area (Å²) in [6.07, 6.45) is 7.97. The zero-order valence-corrected chi connectivity index (χ0v) is 17.6. The van der Waals surface area contributed by atoms with Gasteiger partial charge in [0, 0.05) is 0 Å². The minimum absolute atomic E-state index is 0.677. The van der Waals surface area contributed by atoms with Gasteiger partial charge in [-0.25, -0.2) is 0 Å². The molecule has 0 aromatic carbocycles. The topological polar surface area (TPSA) is 0 Å². The number of rotatable bonds is 10. The fraction of sp³-hybridized carbons (Fsp3) is 1.00. The van der Waals surface area contributed by atoms with Crippen molar-refractivity contribution in [1.82, 2.24) is 0 Å². The third kappa shape index (κ3) is 17.0. The molecular weight excluding hydrogens is 307 g/mol. The largest absolute Gasteiger partial charge is 0.172 e. The highest BCUT2D eigenvalue weighted by Gasteiger charge is 2.28. The van der Waals surface area contributed by atoms with Crippen molar-refractivity contribution in [3.63, 3.8) is 0 Å². The lowest BCUT2D eigenvalue weighted by atomic mass is 10.4. The van der Waals surface area contributed by atoms with Gasteiger partial charge in [0.1, 0.15) is 8.11 Å². The molecule has 0 aliphatic carbocycles. The van der Waals surface area contributed by atoms with Crippen LogP contribution in [-0.2, 0) is 0 Å². The fourth-order valence-corrected chi connectivity index (χ4v) is 6.77. The average molecular weight is 344 g/mol. The SMILES string of the molecule is CCCC[Si](Cl)(CCCC)CCCC.CC[SiH](C)Cl. The second-order valence-corrected chi connectivity index (χ2v) is 16.5. The summed E-state index contributed by atoms with van der Waals surface area (Å²) in [4.78, 5) is 0. The van der Waals surface area contributed by atoms with Gasteiger partial charge in [0.25, 0.3) is 0 Å². The van der Waals surface area contributed by atoms with Gasteiger partial charge < -0.3 is 0 Å². The van der Waals surface area contributed by atoms with Gasteiger partial charge in [-0.2, -0.15) is 22.2 Å². The molecule has 1 atom stereocenters. The maximum atomic E-state index is 6.81. The van der Waals surface area contributed by atoms with E-state index in [-0.39, 0.29) is 0 Å². The van der Waals surface area contributed by atoms with Crippen molar-refractivity contribution in [3.05, 3.63) is 0 Å². The third-order valence-electron chi connectivity index (χ3n) is 3.50. The van der Waals surface area contributed by atoms with Gasteiger partial charge in [0.15, 0.2) is 7.38 Å². The van der Waals surface area contributed by atoms with Gasteiger partial charge in [-0.1, -0.05) is 72.8 Å². The van der Waals surface area contributed by atoms with Crippen LogP contribution in [0.25, 0.3) is 0 Å². The molecular formula is C15H36Cl2Si2. The molecule has 0 aromatic heterocycles. The molecule has 0 radical (unpaired) electrons. The van der Waals surface area contributed by atoms with Crippen LogP contribution in [0.2, 0.25) is 30.7 Å². The summed E-state index contributed by atoms with van der Waals surface area (Å²) in [6.45, 7) is 11.1. The number of halogens is 2. The highest BCUT2D eigenvalue weighted by molar-refractivity contribution is 7.20. The quantitative estimate of drug-likeness (QED) is 0.291. The van der Waals surface area contributed by atoms with Crippen molar-refractivity contribution < 1.29 is 0 Å². The van der Waals surface area contributed by atoms with Crippen molar-refractivity contribution in [3.8, 4) is 0 Å². The van der Waals surface area contributed by atoms with Crippen LogP contribution in [0.3, 0.4) is 0 Å². The first-order valence-electron chi connectivity index (χ1n) is 8.28. The molecule has 0 spiro atoms. The molecule has 0 amide bonds. The Hall–Kier alpha value is 1.01. The van der Waals surface area contributed by atoms with E-state index in [1.54, 1.807) is 0 Å². The highest BCUT2D eigenvalue weighted by atomic mass is 35.6. The van der Waals surface area contributed by atoms with Gasteiger partial charge in [-0.15, -0.1) is 0 Å². The molecule has 0 aromatic rings. The second-order valence-electron chi connectivity index (χ2n) is 5.65. The Balaban J connectivity index is 0. The van der Waals surface area contributed by atoms with E-state index in [4.69, 9.17) is 22.2 Å². The van der Waals surface area contributed by atoms with Gasteiger partial charge in [-0.3, -0.25) is 0 Å². The minimum atomic E-state index is -1.34. The van der Waals surface area contributed by atoms with E-state index in [0.717, 1.165) is 0 Å². The predicted molar refractivity (Wildman–Crippen MR) is 100 cm³/mol. The van der Waals surface area contributed by atoms with Crippen molar-refractivity contribution in [2.45, 2.75) is 96.9 Å². The fourth-order valence-electron chi connectivity index (χ4n) is 1.86. The van der Waals surface area contributed by atoms with Crippen LogP contribution in [0.15, 0.2) is 0 Å². The Morgan fingerprint density at radius 2 is 1.05 bits per heavy atom. The molecule has 0 aliphatic heterocycles. The number of hydrogen-bond donors (Lipinski definition) is 0. The van der Waals surface area contributed by atoms with Gasteiger partial charge >= 0.3 is 0 Å². The Kier molecular flexibility index (Phi) is 18.1. The summed E-state index contributed by atoms with van der Waals surface area (Å²) in [5.74, 6) is 0. The molecule has 0 saturated heterocycles. The van der Waals surface area contributed by atoms with Crippen LogP contribution in [0.5, 0.6) is 0 Å². The summed E-state index contributed by atoms with van der Waals surface area (Å²) in [5.41, 5.74) is 0. The van der Waals surface area contributed by atoms with E-state index in [9.17, 15) is 0 Å². The van der Waals surface area contributed by atoms with Crippen LogP contribution in [0, 0.1) is 0 Å². The van der Waals surface area contributed by atoms with E-state index in [1.807, 2.05) is 0 Å². The van der Waals surface area contributed by atoms with Gasteiger partial charge in [0.05, 0.1) is 0 Å². The zero-order valence-electron chi connectivity index (χ0n) is 13.9. The first kappa shape index (κ1) is 22.3. The maximum Gasteiger partial charge on any atom is 0.156 e. The molecule has 0 fully saturated rings. The molecule has 0 N–H and O–H groups in total. The van der Waals surface area contributed by atoms with E-state index >= 15 is 0 Å². The molecule has 19 heavy (non-hydrogen) atoms. The summed E-state index contributed by atoms with van der Waals surface area (Å²) >= 11 is 12.4. The normalized spacial score (nSPS) is 12.8. The Labute approximate surface area is 134 Å². The lowest BCUT2D eigenvalue weighted by Gasteiger charge is -2.24.